The quantitative estimate of drug-likeness (QED) is 0.882. The van der Waals surface area contributed by atoms with Gasteiger partial charge in [-0.3, -0.25) is 0 Å². The van der Waals surface area contributed by atoms with Crippen LogP contribution >= 0.6 is 11.6 Å². The van der Waals surface area contributed by atoms with Crippen molar-refractivity contribution in [3.05, 3.63) is 52.0 Å². The van der Waals surface area contributed by atoms with Gasteiger partial charge in [-0.1, -0.05) is 23.7 Å². The van der Waals surface area contributed by atoms with Gasteiger partial charge in [-0.25, -0.2) is 0 Å². The molecular weight excluding hydrogens is 284 g/mol. The van der Waals surface area contributed by atoms with Gasteiger partial charge in [-0.15, -0.1) is 0 Å². The summed E-state index contributed by atoms with van der Waals surface area (Å²) in [5.41, 5.74) is 4.91. The molecule has 0 spiro atoms. The normalized spacial score (nSPS) is 10.5. The topological polar surface area (TPSA) is 35.5 Å². The summed E-state index contributed by atoms with van der Waals surface area (Å²) in [6, 6.07) is 9.92. The zero-order valence-electron chi connectivity index (χ0n) is 12.9. The second kappa shape index (κ2) is 6.27. The number of phenolic OH excluding ortho intramolecular Hbond substituents is 1. The fraction of sp³-hybridized carbons (Fsp3) is 0.294. The molecule has 0 bridgehead atoms. The molecule has 0 unspecified atom stereocenters. The number of nitrogens with one attached hydrogen (secondary N) is 1. The number of hydrogen-bond donors (Lipinski definition) is 2. The first-order valence-electron chi connectivity index (χ1n) is 6.88. The van der Waals surface area contributed by atoms with E-state index in [0.717, 1.165) is 33.1 Å². The predicted molar refractivity (Wildman–Crippen MR) is 90.7 cm³/mol. The monoisotopic (exact) mass is 304 g/mol. The van der Waals surface area contributed by atoms with Crippen LogP contribution in [0.25, 0.3) is 0 Å². The molecule has 2 N–H and O–H groups in total. The zero-order chi connectivity index (χ0) is 15.6. The maximum absolute atomic E-state index is 9.79. The van der Waals surface area contributed by atoms with Crippen molar-refractivity contribution in [2.75, 3.05) is 24.3 Å². The molecular formula is C17H21ClN2O. The highest BCUT2D eigenvalue weighted by Gasteiger charge is 2.05. The van der Waals surface area contributed by atoms with Gasteiger partial charge < -0.3 is 15.3 Å². The summed E-state index contributed by atoms with van der Waals surface area (Å²) >= 11 is 6.26. The summed E-state index contributed by atoms with van der Waals surface area (Å²) in [6.45, 7) is 4.52. The molecule has 2 rings (SSSR count). The maximum atomic E-state index is 9.79. The van der Waals surface area contributed by atoms with Crippen LogP contribution in [0.3, 0.4) is 0 Å². The average molecular weight is 305 g/mol. The van der Waals surface area contributed by atoms with Crippen LogP contribution in [0.4, 0.5) is 11.4 Å². The molecule has 0 aliphatic rings. The Bertz CT molecular complexity index is 630. The van der Waals surface area contributed by atoms with E-state index in [4.69, 9.17) is 11.6 Å². The van der Waals surface area contributed by atoms with Crippen molar-refractivity contribution in [3.63, 3.8) is 0 Å². The Labute approximate surface area is 131 Å². The van der Waals surface area contributed by atoms with E-state index in [1.165, 1.54) is 0 Å². The van der Waals surface area contributed by atoms with Gasteiger partial charge in [0.25, 0.3) is 0 Å². The summed E-state index contributed by atoms with van der Waals surface area (Å²) < 4.78 is 0. The first-order valence-corrected chi connectivity index (χ1v) is 7.26. The molecule has 0 saturated carbocycles. The second-order valence-corrected chi connectivity index (χ2v) is 5.90. The fourth-order valence-electron chi connectivity index (χ4n) is 2.33. The lowest BCUT2D eigenvalue weighted by atomic mass is 10.1. The van der Waals surface area contributed by atoms with Crippen LogP contribution < -0.4 is 10.2 Å². The summed E-state index contributed by atoms with van der Waals surface area (Å²) in [5.74, 6) is 0.372. The van der Waals surface area contributed by atoms with E-state index in [9.17, 15) is 5.11 Å². The van der Waals surface area contributed by atoms with Crippen LogP contribution in [0.15, 0.2) is 30.3 Å². The number of halogens is 1. The lowest BCUT2D eigenvalue weighted by molar-refractivity contribution is 0.466. The molecule has 0 saturated heterocycles. The van der Waals surface area contributed by atoms with E-state index in [1.54, 1.807) is 0 Å². The fourth-order valence-corrected chi connectivity index (χ4v) is 2.68. The van der Waals surface area contributed by atoms with Gasteiger partial charge in [-0.05, 0) is 48.7 Å². The number of rotatable bonds is 4. The molecule has 0 aromatic heterocycles. The SMILES string of the molecule is Cc1cc(CNc2ccc(N(C)C)c(Cl)c2)cc(C)c1O. The van der Waals surface area contributed by atoms with Gasteiger partial charge in [0.05, 0.1) is 10.7 Å². The predicted octanol–water partition coefficient (Wildman–Crippen LogP) is 4.34. The van der Waals surface area contributed by atoms with Gasteiger partial charge in [-0.2, -0.15) is 0 Å². The summed E-state index contributed by atoms with van der Waals surface area (Å²) in [7, 11) is 3.94. The Morgan fingerprint density at radius 1 is 1.10 bits per heavy atom. The lowest BCUT2D eigenvalue weighted by Gasteiger charge is -2.16. The summed E-state index contributed by atoms with van der Waals surface area (Å²) in [6.07, 6.45) is 0. The molecule has 3 nitrogen and oxygen atoms in total. The molecule has 4 heteroatoms. The van der Waals surface area contributed by atoms with Gasteiger partial charge in [0.1, 0.15) is 5.75 Å². The largest absolute Gasteiger partial charge is 0.507 e. The standard InChI is InChI=1S/C17H21ClN2O/c1-11-7-13(8-12(2)17(11)21)10-19-14-5-6-16(20(3)4)15(18)9-14/h5-9,19,21H,10H2,1-4H3. The first kappa shape index (κ1) is 15.5. The third kappa shape index (κ3) is 3.61. The van der Waals surface area contributed by atoms with Crippen LogP contribution in [-0.4, -0.2) is 19.2 Å². The first-order chi connectivity index (χ1) is 9.88. The molecule has 0 fully saturated rings. The number of phenols is 1. The smallest absolute Gasteiger partial charge is 0.121 e. The number of benzene rings is 2. The van der Waals surface area contributed by atoms with E-state index in [1.807, 2.05) is 63.2 Å². The van der Waals surface area contributed by atoms with E-state index < -0.39 is 0 Å². The van der Waals surface area contributed by atoms with Crippen molar-refractivity contribution < 1.29 is 5.11 Å². The van der Waals surface area contributed by atoms with Crippen LogP contribution in [0, 0.1) is 13.8 Å². The second-order valence-electron chi connectivity index (χ2n) is 5.49. The summed E-state index contributed by atoms with van der Waals surface area (Å²) in [4.78, 5) is 1.98. The van der Waals surface area contributed by atoms with Gasteiger partial charge >= 0.3 is 0 Å². The zero-order valence-corrected chi connectivity index (χ0v) is 13.6. The minimum atomic E-state index is 0.372. The van der Waals surface area contributed by atoms with Gasteiger partial charge in [0, 0.05) is 26.3 Å². The Morgan fingerprint density at radius 2 is 1.71 bits per heavy atom. The molecule has 112 valence electrons. The van der Waals surface area contributed by atoms with Crippen molar-refractivity contribution in [1.82, 2.24) is 0 Å². The molecule has 0 aliphatic heterocycles. The highest BCUT2D eigenvalue weighted by atomic mass is 35.5. The van der Waals surface area contributed by atoms with Gasteiger partial charge in [0.15, 0.2) is 0 Å². The Kier molecular flexibility index (Phi) is 4.63. The Balaban J connectivity index is 2.12. The Morgan fingerprint density at radius 3 is 2.24 bits per heavy atom. The highest BCUT2D eigenvalue weighted by Crippen LogP contribution is 2.28. The minimum Gasteiger partial charge on any atom is -0.507 e. The van der Waals surface area contributed by atoms with E-state index in [2.05, 4.69) is 5.32 Å². The molecule has 0 radical (unpaired) electrons. The number of hydrogen-bond acceptors (Lipinski definition) is 3. The van der Waals surface area contributed by atoms with E-state index in [-0.39, 0.29) is 0 Å². The minimum absolute atomic E-state index is 0.372. The van der Waals surface area contributed by atoms with Crippen molar-refractivity contribution in [2.45, 2.75) is 20.4 Å². The van der Waals surface area contributed by atoms with Crippen LogP contribution in [-0.2, 0) is 6.54 Å². The molecule has 0 aliphatic carbocycles. The molecule has 2 aromatic rings. The van der Waals surface area contributed by atoms with Crippen molar-refractivity contribution in [1.29, 1.82) is 0 Å². The molecule has 2 aromatic carbocycles. The van der Waals surface area contributed by atoms with Crippen LogP contribution in [0.1, 0.15) is 16.7 Å². The van der Waals surface area contributed by atoms with Crippen LogP contribution in [0.5, 0.6) is 5.75 Å². The Hall–Kier alpha value is -1.87. The van der Waals surface area contributed by atoms with Crippen molar-refractivity contribution in [3.8, 4) is 5.75 Å². The van der Waals surface area contributed by atoms with Crippen molar-refractivity contribution >= 4 is 23.0 Å². The number of aryl methyl sites for hydroxylation is 2. The molecule has 0 amide bonds. The highest BCUT2D eigenvalue weighted by molar-refractivity contribution is 6.33. The van der Waals surface area contributed by atoms with E-state index >= 15 is 0 Å². The summed E-state index contributed by atoms with van der Waals surface area (Å²) in [5, 5.41) is 13.9. The molecule has 21 heavy (non-hydrogen) atoms. The van der Waals surface area contributed by atoms with Crippen LogP contribution in [0.2, 0.25) is 5.02 Å². The van der Waals surface area contributed by atoms with Gasteiger partial charge in [0.2, 0.25) is 0 Å². The average Bonchev–Trinajstić information content (AvgIpc) is 2.42. The number of nitrogens with zero attached hydrogens (tertiary/aromatic N) is 1. The van der Waals surface area contributed by atoms with Crippen molar-refractivity contribution in [2.24, 2.45) is 0 Å². The molecule has 0 heterocycles. The third-order valence-corrected chi connectivity index (χ3v) is 3.78. The number of anilines is 2. The lowest BCUT2D eigenvalue weighted by Crippen LogP contribution is -2.09. The maximum Gasteiger partial charge on any atom is 0.121 e. The van der Waals surface area contributed by atoms with E-state index in [0.29, 0.717) is 12.3 Å². The third-order valence-electron chi connectivity index (χ3n) is 3.48. The molecule has 0 atom stereocenters. The number of aromatic hydroxyl groups is 1.